The van der Waals surface area contributed by atoms with Crippen LogP contribution in [0.5, 0.6) is 0 Å². The standard InChI is InChI=1S/C13H14FNO4/c1-8(11(12(16)18-2)13(17)19-3)15-10-6-4-9(14)5-7-10/h4-7,15H,1-3H3. The molecule has 0 heterocycles. The van der Waals surface area contributed by atoms with E-state index in [1.807, 2.05) is 0 Å². The molecule has 1 aromatic rings. The normalized spacial score (nSPS) is 9.47. The number of hydrogen-bond donors (Lipinski definition) is 1. The molecular weight excluding hydrogens is 253 g/mol. The summed E-state index contributed by atoms with van der Waals surface area (Å²) in [4.78, 5) is 23.0. The first-order valence-corrected chi connectivity index (χ1v) is 5.39. The van der Waals surface area contributed by atoms with Crippen molar-refractivity contribution < 1.29 is 23.5 Å². The van der Waals surface area contributed by atoms with Crippen LogP contribution in [0.25, 0.3) is 0 Å². The molecule has 19 heavy (non-hydrogen) atoms. The Morgan fingerprint density at radius 2 is 1.53 bits per heavy atom. The molecule has 0 spiro atoms. The van der Waals surface area contributed by atoms with Crippen LogP contribution in [-0.2, 0) is 19.1 Å². The quantitative estimate of drug-likeness (QED) is 0.390. The molecule has 6 heteroatoms. The van der Waals surface area contributed by atoms with E-state index in [2.05, 4.69) is 14.8 Å². The third kappa shape index (κ3) is 3.80. The lowest BCUT2D eigenvalue weighted by Crippen LogP contribution is -2.20. The van der Waals surface area contributed by atoms with Crippen LogP contribution >= 0.6 is 0 Å². The Hall–Kier alpha value is -2.37. The number of esters is 2. The Morgan fingerprint density at radius 3 is 1.95 bits per heavy atom. The minimum atomic E-state index is -0.807. The minimum Gasteiger partial charge on any atom is -0.465 e. The lowest BCUT2D eigenvalue weighted by atomic mass is 10.2. The molecule has 1 N–H and O–H groups in total. The molecule has 0 saturated carbocycles. The number of carbonyl (C=O) groups excluding carboxylic acids is 2. The highest BCUT2D eigenvalue weighted by Gasteiger charge is 2.23. The van der Waals surface area contributed by atoms with Crippen molar-refractivity contribution in [2.24, 2.45) is 0 Å². The molecule has 0 aliphatic heterocycles. The Bertz CT molecular complexity index is 490. The van der Waals surface area contributed by atoms with Gasteiger partial charge in [0.15, 0.2) is 5.57 Å². The lowest BCUT2D eigenvalue weighted by Gasteiger charge is -2.11. The van der Waals surface area contributed by atoms with Crippen LogP contribution in [0.4, 0.5) is 10.1 Å². The molecule has 0 atom stereocenters. The van der Waals surface area contributed by atoms with Gasteiger partial charge < -0.3 is 14.8 Å². The number of ether oxygens (including phenoxy) is 2. The van der Waals surface area contributed by atoms with Gasteiger partial charge in [-0.25, -0.2) is 14.0 Å². The highest BCUT2D eigenvalue weighted by atomic mass is 19.1. The third-order valence-electron chi connectivity index (χ3n) is 2.33. The number of allylic oxidation sites excluding steroid dienone is 1. The molecule has 5 nitrogen and oxygen atoms in total. The van der Waals surface area contributed by atoms with Gasteiger partial charge in [-0.2, -0.15) is 0 Å². The molecule has 1 aromatic carbocycles. The number of methoxy groups -OCH3 is 2. The van der Waals surface area contributed by atoms with Gasteiger partial charge in [-0.05, 0) is 31.2 Å². The third-order valence-corrected chi connectivity index (χ3v) is 2.33. The van der Waals surface area contributed by atoms with Gasteiger partial charge in [0.2, 0.25) is 0 Å². The number of carbonyl (C=O) groups is 2. The van der Waals surface area contributed by atoms with Crippen molar-refractivity contribution in [3.05, 3.63) is 41.4 Å². The molecule has 0 bridgehead atoms. The first kappa shape index (κ1) is 14.7. The molecule has 0 aliphatic carbocycles. The summed E-state index contributed by atoms with van der Waals surface area (Å²) in [6, 6.07) is 5.47. The zero-order chi connectivity index (χ0) is 14.4. The van der Waals surface area contributed by atoms with Gasteiger partial charge in [-0.1, -0.05) is 0 Å². The summed E-state index contributed by atoms with van der Waals surface area (Å²) in [7, 11) is 2.33. The molecule has 0 radical (unpaired) electrons. The number of nitrogens with one attached hydrogen (secondary N) is 1. The highest BCUT2D eigenvalue weighted by molar-refractivity contribution is 6.14. The van der Waals surface area contributed by atoms with Crippen LogP contribution in [-0.4, -0.2) is 26.2 Å². The number of hydrogen-bond acceptors (Lipinski definition) is 5. The smallest absolute Gasteiger partial charge is 0.347 e. The SMILES string of the molecule is COC(=O)C(C(=O)OC)=C(C)Nc1ccc(F)cc1. The summed E-state index contributed by atoms with van der Waals surface area (Å²) in [5.74, 6) is -1.99. The summed E-state index contributed by atoms with van der Waals surface area (Å²) in [6.07, 6.45) is 0. The largest absolute Gasteiger partial charge is 0.465 e. The monoisotopic (exact) mass is 267 g/mol. The second-order valence-electron chi connectivity index (χ2n) is 3.62. The van der Waals surface area contributed by atoms with Gasteiger partial charge in [0.25, 0.3) is 0 Å². The van der Waals surface area contributed by atoms with E-state index in [1.54, 1.807) is 0 Å². The molecule has 0 saturated heterocycles. The van der Waals surface area contributed by atoms with Crippen LogP contribution in [0.2, 0.25) is 0 Å². The van der Waals surface area contributed by atoms with E-state index in [0.717, 1.165) is 14.2 Å². The Kier molecular flexibility index (Phi) is 5.05. The zero-order valence-electron chi connectivity index (χ0n) is 10.8. The molecule has 0 amide bonds. The predicted molar refractivity (Wildman–Crippen MR) is 66.8 cm³/mol. The first-order valence-electron chi connectivity index (χ1n) is 5.39. The number of halogens is 1. The lowest BCUT2D eigenvalue weighted by molar-refractivity contribution is -0.144. The van der Waals surface area contributed by atoms with Crippen LogP contribution < -0.4 is 5.32 Å². The van der Waals surface area contributed by atoms with Crippen molar-refractivity contribution in [2.45, 2.75) is 6.92 Å². The summed E-state index contributed by atoms with van der Waals surface area (Å²) >= 11 is 0. The molecule has 0 aromatic heterocycles. The maximum Gasteiger partial charge on any atom is 0.347 e. The fourth-order valence-corrected chi connectivity index (χ4v) is 1.41. The van der Waals surface area contributed by atoms with Crippen molar-refractivity contribution in [3.8, 4) is 0 Å². The van der Waals surface area contributed by atoms with Gasteiger partial charge in [-0.3, -0.25) is 0 Å². The average molecular weight is 267 g/mol. The van der Waals surface area contributed by atoms with E-state index >= 15 is 0 Å². The Balaban J connectivity index is 3.05. The summed E-state index contributed by atoms with van der Waals surface area (Å²) in [5.41, 5.74) is 0.545. The fraction of sp³-hybridized carbons (Fsp3) is 0.231. The minimum absolute atomic E-state index is 0.241. The van der Waals surface area contributed by atoms with Crippen molar-refractivity contribution in [1.29, 1.82) is 0 Å². The topological polar surface area (TPSA) is 64.6 Å². The maximum absolute atomic E-state index is 12.8. The summed E-state index contributed by atoms with van der Waals surface area (Å²) in [6.45, 7) is 1.52. The van der Waals surface area contributed by atoms with E-state index in [0.29, 0.717) is 5.69 Å². The van der Waals surface area contributed by atoms with E-state index in [1.165, 1.54) is 31.2 Å². The van der Waals surface area contributed by atoms with Gasteiger partial charge in [-0.15, -0.1) is 0 Å². The second kappa shape index (κ2) is 6.53. The molecular formula is C13H14FNO4. The fourth-order valence-electron chi connectivity index (χ4n) is 1.41. The first-order chi connectivity index (χ1) is 8.99. The van der Waals surface area contributed by atoms with Crippen LogP contribution in [0.3, 0.4) is 0 Å². The van der Waals surface area contributed by atoms with Crippen molar-refractivity contribution in [1.82, 2.24) is 0 Å². The maximum atomic E-state index is 12.8. The highest BCUT2D eigenvalue weighted by Crippen LogP contribution is 2.15. The Labute approximate surface area is 110 Å². The van der Waals surface area contributed by atoms with Crippen molar-refractivity contribution in [2.75, 3.05) is 19.5 Å². The van der Waals surface area contributed by atoms with Crippen LogP contribution in [0.15, 0.2) is 35.5 Å². The van der Waals surface area contributed by atoms with Gasteiger partial charge in [0.05, 0.1) is 14.2 Å². The van der Waals surface area contributed by atoms with E-state index in [4.69, 9.17) is 0 Å². The number of anilines is 1. The van der Waals surface area contributed by atoms with Crippen LogP contribution in [0.1, 0.15) is 6.92 Å². The Morgan fingerprint density at radius 1 is 1.05 bits per heavy atom. The van der Waals surface area contributed by atoms with E-state index in [9.17, 15) is 14.0 Å². The van der Waals surface area contributed by atoms with E-state index < -0.39 is 11.9 Å². The molecule has 0 fully saturated rings. The van der Waals surface area contributed by atoms with E-state index in [-0.39, 0.29) is 17.1 Å². The summed E-state index contributed by atoms with van der Waals surface area (Å²) < 4.78 is 21.8. The molecule has 1 rings (SSSR count). The van der Waals surface area contributed by atoms with Crippen molar-refractivity contribution in [3.63, 3.8) is 0 Å². The number of rotatable bonds is 4. The average Bonchev–Trinajstić information content (AvgIpc) is 2.41. The van der Waals surface area contributed by atoms with Crippen molar-refractivity contribution >= 4 is 17.6 Å². The zero-order valence-corrected chi connectivity index (χ0v) is 10.8. The predicted octanol–water partition coefficient (Wildman–Crippen LogP) is 1.86. The number of benzene rings is 1. The molecule has 0 unspecified atom stereocenters. The van der Waals surface area contributed by atoms with Gasteiger partial charge >= 0.3 is 11.9 Å². The molecule has 102 valence electrons. The second-order valence-corrected chi connectivity index (χ2v) is 3.62. The van der Waals surface area contributed by atoms with Gasteiger partial charge in [0.1, 0.15) is 5.82 Å². The van der Waals surface area contributed by atoms with Gasteiger partial charge in [0, 0.05) is 11.4 Å². The molecule has 0 aliphatic rings. The summed E-state index contributed by atoms with van der Waals surface area (Å²) in [5, 5.41) is 2.81. The van der Waals surface area contributed by atoms with Crippen LogP contribution in [0, 0.1) is 5.82 Å².